The van der Waals surface area contributed by atoms with Gasteiger partial charge in [0.1, 0.15) is 0 Å². The van der Waals surface area contributed by atoms with Gasteiger partial charge >= 0.3 is 0 Å². The topological polar surface area (TPSA) is 17.1 Å². The highest BCUT2D eigenvalue weighted by atomic mass is 33.1. The molecule has 3 heteroatoms. The van der Waals surface area contributed by atoms with E-state index in [0.717, 1.165) is 5.62 Å². The minimum absolute atomic E-state index is 0.810. The third-order valence-corrected chi connectivity index (χ3v) is 1.22. The van der Waals surface area contributed by atoms with E-state index in [4.69, 9.17) is 0 Å². The van der Waals surface area contributed by atoms with E-state index in [1.165, 1.54) is 21.6 Å². The molecule has 0 aliphatic heterocycles. The van der Waals surface area contributed by atoms with Gasteiger partial charge in [0.2, 0.25) is 0 Å². The zero-order valence-electron chi connectivity index (χ0n) is 2.80. The standard InChI is InChI=1S/C2H4OS2/c1-4-5-2-3/h2H,1H3. The van der Waals surface area contributed by atoms with E-state index in [9.17, 15) is 4.79 Å². The monoisotopic (exact) mass is 108 g/mol. The Morgan fingerprint density at radius 2 is 2.40 bits per heavy atom. The summed E-state index contributed by atoms with van der Waals surface area (Å²) in [6, 6.07) is 0. The highest BCUT2D eigenvalue weighted by molar-refractivity contribution is 8.81. The van der Waals surface area contributed by atoms with Gasteiger partial charge < -0.3 is 0 Å². The molecular formula is C2H4OS2. The molecule has 1 nitrogen and oxygen atoms in total. The fraction of sp³-hybridized carbons (Fsp3) is 0.500. The molecule has 0 rings (SSSR count). The van der Waals surface area contributed by atoms with Crippen LogP contribution in [0.3, 0.4) is 0 Å². The van der Waals surface area contributed by atoms with Crippen LogP contribution in [0, 0.1) is 0 Å². The lowest BCUT2D eigenvalue weighted by Crippen LogP contribution is -1.43. The van der Waals surface area contributed by atoms with Crippen LogP contribution in [0.25, 0.3) is 0 Å². The lowest BCUT2D eigenvalue weighted by molar-refractivity contribution is 0.570. The first-order valence-corrected chi connectivity index (χ1v) is 3.67. The van der Waals surface area contributed by atoms with Crippen LogP contribution in [-0.4, -0.2) is 11.9 Å². The van der Waals surface area contributed by atoms with Crippen LogP contribution < -0.4 is 0 Å². The summed E-state index contributed by atoms with van der Waals surface area (Å²) in [7, 11) is 2.65. The number of carbonyl (C=O) groups excluding carboxylic acids is 1. The summed E-state index contributed by atoms with van der Waals surface area (Å²) in [5.41, 5.74) is 0.810. The smallest absolute Gasteiger partial charge is 0.186 e. The second kappa shape index (κ2) is 4.37. The highest BCUT2D eigenvalue weighted by Gasteiger charge is 1.66. The molecule has 0 spiro atoms. The van der Waals surface area contributed by atoms with Gasteiger partial charge in [-0.15, -0.1) is 0 Å². The number of hydrogen-bond acceptors (Lipinski definition) is 3. The van der Waals surface area contributed by atoms with Gasteiger partial charge in [0.15, 0.2) is 5.62 Å². The van der Waals surface area contributed by atoms with Gasteiger partial charge in [-0.1, -0.05) is 10.8 Å². The van der Waals surface area contributed by atoms with Crippen molar-refractivity contribution in [3.63, 3.8) is 0 Å². The minimum Gasteiger partial charge on any atom is -0.290 e. The molecule has 0 saturated heterocycles. The molecule has 0 bridgehead atoms. The van der Waals surface area contributed by atoms with Gasteiger partial charge in [-0.05, 0) is 17.0 Å². The average Bonchev–Trinajstić information content (AvgIpc) is 1.41. The molecule has 0 aromatic heterocycles. The summed E-state index contributed by atoms with van der Waals surface area (Å²) in [6.07, 6.45) is 1.86. The lowest BCUT2D eigenvalue weighted by Gasteiger charge is -1.68. The van der Waals surface area contributed by atoms with Crippen LogP contribution in [0.5, 0.6) is 0 Å². The molecular weight excluding hydrogens is 104 g/mol. The number of rotatable bonds is 2. The molecule has 0 aromatic carbocycles. The first kappa shape index (κ1) is 5.37. The van der Waals surface area contributed by atoms with Crippen LogP contribution in [0.1, 0.15) is 0 Å². The Hall–Kier alpha value is 0.370. The Balaban J connectivity index is 2.40. The van der Waals surface area contributed by atoms with Crippen molar-refractivity contribution >= 4 is 27.2 Å². The molecule has 0 N–H and O–H groups in total. The van der Waals surface area contributed by atoms with E-state index in [1.807, 2.05) is 6.26 Å². The number of hydrogen-bond donors (Lipinski definition) is 0. The molecule has 0 saturated carbocycles. The maximum atomic E-state index is 9.35. The van der Waals surface area contributed by atoms with Crippen LogP contribution >= 0.6 is 21.6 Å². The molecule has 0 radical (unpaired) electrons. The molecule has 0 aliphatic carbocycles. The molecule has 5 heavy (non-hydrogen) atoms. The SMILES string of the molecule is CSSC=O. The van der Waals surface area contributed by atoms with Crippen LogP contribution in [0.4, 0.5) is 0 Å². The van der Waals surface area contributed by atoms with Crippen LogP contribution in [-0.2, 0) is 4.79 Å². The van der Waals surface area contributed by atoms with Gasteiger partial charge in [-0.2, -0.15) is 0 Å². The quantitative estimate of drug-likeness (QED) is 0.390. The summed E-state index contributed by atoms with van der Waals surface area (Å²) < 4.78 is 0. The summed E-state index contributed by atoms with van der Waals surface area (Å²) in [5, 5.41) is 0. The molecule has 0 heterocycles. The maximum Gasteiger partial charge on any atom is 0.186 e. The Bertz CT molecular complexity index is 28.8. The fourth-order valence-electron chi connectivity index (χ4n) is 0.0393. The minimum atomic E-state index is 0.810. The summed E-state index contributed by atoms with van der Waals surface area (Å²) >= 11 is 0. The van der Waals surface area contributed by atoms with E-state index in [-0.39, 0.29) is 0 Å². The van der Waals surface area contributed by atoms with Gasteiger partial charge in [-0.3, -0.25) is 4.79 Å². The Morgan fingerprint density at radius 1 is 1.80 bits per heavy atom. The first-order valence-electron chi connectivity index (χ1n) is 1.05. The summed E-state index contributed by atoms with van der Waals surface area (Å²) in [6.45, 7) is 0. The van der Waals surface area contributed by atoms with Gasteiger partial charge in [-0.25, -0.2) is 0 Å². The molecule has 30 valence electrons. The predicted octanol–water partition coefficient (Wildman–Crippen LogP) is 1.19. The van der Waals surface area contributed by atoms with Crippen molar-refractivity contribution in [3.8, 4) is 0 Å². The maximum absolute atomic E-state index is 9.35. The second-order valence-corrected chi connectivity index (χ2v) is 2.65. The summed E-state index contributed by atoms with van der Waals surface area (Å²) in [4.78, 5) is 9.35. The third-order valence-electron chi connectivity index (χ3n) is 0.136. The van der Waals surface area contributed by atoms with Crippen LogP contribution in [0.2, 0.25) is 0 Å². The Kier molecular flexibility index (Phi) is 4.69. The van der Waals surface area contributed by atoms with Crippen molar-refractivity contribution in [2.45, 2.75) is 0 Å². The van der Waals surface area contributed by atoms with Crippen molar-refractivity contribution in [1.82, 2.24) is 0 Å². The van der Waals surface area contributed by atoms with E-state index < -0.39 is 0 Å². The van der Waals surface area contributed by atoms with Gasteiger partial charge in [0.25, 0.3) is 0 Å². The number of carbonyl (C=O) groups is 1. The third kappa shape index (κ3) is 4.37. The van der Waals surface area contributed by atoms with Crippen LogP contribution in [0.15, 0.2) is 0 Å². The van der Waals surface area contributed by atoms with Crippen molar-refractivity contribution in [1.29, 1.82) is 0 Å². The predicted molar refractivity (Wildman–Crippen MR) is 27.9 cm³/mol. The van der Waals surface area contributed by atoms with Crippen molar-refractivity contribution in [3.05, 3.63) is 0 Å². The molecule has 0 aromatic rings. The van der Waals surface area contributed by atoms with Gasteiger partial charge in [0.05, 0.1) is 0 Å². The Morgan fingerprint density at radius 3 is 2.40 bits per heavy atom. The molecule has 0 aliphatic rings. The molecule has 0 fully saturated rings. The van der Waals surface area contributed by atoms with Crippen molar-refractivity contribution < 1.29 is 4.79 Å². The van der Waals surface area contributed by atoms with E-state index in [0.29, 0.717) is 0 Å². The van der Waals surface area contributed by atoms with E-state index >= 15 is 0 Å². The largest absolute Gasteiger partial charge is 0.290 e. The molecule has 0 amide bonds. The highest BCUT2D eigenvalue weighted by Crippen LogP contribution is 2.10. The zero-order chi connectivity index (χ0) is 4.12. The molecule has 0 unspecified atom stereocenters. The lowest BCUT2D eigenvalue weighted by atomic mass is 11.8. The molecule has 0 atom stereocenters. The fourth-order valence-corrected chi connectivity index (χ4v) is 0.354. The second-order valence-electron chi connectivity index (χ2n) is 0.359. The normalized spacial score (nSPS) is 7.40. The summed E-state index contributed by atoms with van der Waals surface area (Å²) in [5.74, 6) is 0. The average molecular weight is 108 g/mol. The van der Waals surface area contributed by atoms with E-state index in [2.05, 4.69) is 0 Å². The van der Waals surface area contributed by atoms with Gasteiger partial charge in [0, 0.05) is 0 Å². The van der Waals surface area contributed by atoms with Crippen molar-refractivity contribution in [2.75, 3.05) is 6.26 Å². The first-order chi connectivity index (χ1) is 2.41. The Labute approximate surface area is 38.9 Å². The van der Waals surface area contributed by atoms with Crippen molar-refractivity contribution in [2.24, 2.45) is 0 Å². The van der Waals surface area contributed by atoms with E-state index in [1.54, 1.807) is 0 Å². The zero-order valence-corrected chi connectivity index (χ0v) is 4.44.